The summed E-state index contributed by atoms with van der Waals surface area (Å²) in [6, 6.07) is 0. The molecule has 0 N–H and O–H groups in total. The Hall–Kier alpha value is -0.590. The molecule has 0 aliphatic heterocycles. The van der Waals surface area contributed by atoms with Crippen LogP contribution in [-0.4, -0.2) is 11.8 Å². The first kappa shape index (κ1) is 14.4. The van der Waals surface area contributed by atoms with E-state index in [9.17, 15) is 0 Å². The molecule has 0 amide bonds. The van der Waals surface area contributed by atoms with Crippen molar-refractivity contribution in [2.24, 2.45) is 10.9 Å². The van der Waals surface area contributed by atoms with Gasteiger partial charge in [-0.15, -0.1) is 0 Å². The van der Waals surface area contributed by atoms with E-state index in [-0.39, 0.29) is 5.54 Å². The minimum Gasteiger partial charge on any atom is -0.292 e. The molecule has 15 heavy (non-hydrogen) atoms. The van der Waals surface area contributed by atoms with Gasteiger partial charge in [-0.05, 0) is 66.0 Å². The van der Waals surface area contributed by atoms with E-state index in [1.165, 1.54) is 18.4 Å². The number of rotatable bonds is 5. The summed E-state index contributed by atoms with van der Waals surface area (Å²) in [5.41, 5.74) is 1.50. The molecule has 1 nitrogen and oxygen atoms in total. The summed E-state index contributed by atoms with van der Waals surface area (Å²) in [5, 5.41) is 0. The second-order valence-electron chi connectivity index (χ2n) is 5.68. The Balaban J connectivity index is 3.71. The van der Waals surface area contributed by atoms with Crippen LogP contribution in [-0.2, 0) is 0 Å². The van der Waals surface area contributed by atoms with Crippen molar-refractivity contribution in [3.8, 4) is 0 Å². The van der Waals surface area contributed by atoms with Crippen LogP contribution in [0.5, 0.6) is 0 Å². The first-order chi connectivity index (χ1) is 6.81. The Morgan fingerprint density at radius 2 is 1.87 bits per heavy atom. The van der Waals surface area contributed by atoms with Crippen LogP contribution in [0.3, 0.4) is 0 Å². The Morgan fingerprint density at radius 3 is 2.33 bits per heavy atom. The van der Waals surface area contributed by atoms with Crippen LogP contribution in [0.15, 0.2) is 16.6 Å². The smallest absolute Gasteiger partial charge is 0.0520 e. The standard InChI is InChI=1S/C14H27N/c1-12(2)8-7-9-13(3)10-11-15-14(4,5)6/h8,11,13H,7,9-10H2,1-6H3/b15-11+. The van der Waals surface area contributed by atoms with Crippen molar-refractivity contribution in [1.29, 1.82) is 0 Å². The van der Waals surface area contributed by atoms with Crippen molar-refractivity contribution >= 4 is 6.21 Å². The molecule has 0 aromatic heterocycles. The van der Waals surface area contributed by atoms with Gasteiger partial charge in [-0.2, -0.15) is 0 Å². The Bertz CT molecular complexity index is 214. The summed E-state index contributed by atoms with van der Waals surface area (Å²) in [6.45, 7) is 13.0. The minimum absolute atomic E-state index is 0.0830. The number of hydrogen-bond acceptors (Lipinski definition) is 1. The maximum atomic E-state index is 4.50. The normalized spacial score (nSPS) is 14.3. The summed E-state index contributed by atoms with van der Waals surface area (Å²) >= 11 is 0. The maximum absolute atomic E-state index is 4.50. The van der Waals surface area contributed by atoms with Crippen molar-refractivity contribution in [2.75, 3.05) is 0 Å². The van der Waals surface area contributed by atoms with Crippen molar-refractivity contribution in [3.05, 3.63) is 11.6 Å². The van der Waals surface area contributed by atoms with Crippen LogP contribution in [0.2, 0.25) is 0 Å². The zero-order valence-electron chi connectivity index (χ0n) is 11.3. The zero-order chi connectivity index (χ0) is 11.9. The maximum Gasteiger partial charge on any atom is 0.0520 e. The molecule has 0 heterocycles. The highest BCUT2D eigenvalue weighted by Crippen LogP contribution is 2.12. The molecule has 1 unspecified atom stereocenters. The van der Waals surface area contributed by atoms with E-state index in [0.717, 1.165) is 12.3 Å². The second-order valence-corrected chi connectivity index (χ2v) is 5.68. The number of aliphatic imine (C=N–C) groups is 1. The summed E-state index contributed by atoms with van der Waals surface area (Å²) in [7, 11) is 0. The van der Waals surface area contributed by atoms with Gasteiger partial charge in [-0.25, -0.2) is 0 Å². The lowest BCUT2D eigenvalue weighted by Gasteiger charge is -2.12. The molecule has 0 radical (unpaired) electrons. The lowest BCUT2D eigenvalue weighted by molar-refractivity contribution is 0.550. The molecule has 0 aromatic carbocycles. The molecule has 0 aliphatic carbocycles. The van der Waals surface area contributed by atoms with Crippen LogP contribution in [0.1, 0.15) is 60.8 Å². The summed E-state index contributed by atoms with van der Waals surface area (Å²) in [5.74, 6) is 0.742. The second kappa shape index (κ2) is 6.81. The molecule has 0 aromatic rings. The van der Waals surface area contributed by atoms with Crippen molar-refractivity contribution in [2.45, 2.75) is 66.3 Å². The molecule has 0 aliphatic rings. The Labute approximate surface area is 95.7 Å². The molecule has 88 valence electrons. The first-order valence-electron chi connectivity index (χ1n) is 5.98. The molecule has 0 saturated heterocycles. The van der Waals surface area contributed by atoms with Crippen molar-refractivity contribution < 1.29 is 0 Å². The van der Waals surface area contributed by atoms with Gasteiger partial charge in [0, 0.05) is 0 Å². The van der Waals surface area contributed by atoms with E-state index in [4.69, 9.17) is 0 Å². The molecule has 0 bridgehead atoms. The summed E-state index contributed by atoms with van der Waals surface area (Å²) in [4.78, 5) is 4.50. The van der Waals surface area contributed by atoms with E-state index < -0.39 is 0 Å². The topological polar surface area (TPSA) is 12.4 Å². The monoisotopic (exact) mass is 209 g/mol. The molecular weight excluding hydrogens is 182 g/mol. The predicted octanol–water partition coefficient (Wildman–Crippen LogP) is 4.63. The molecule has 1 atom stereocenters. The quantitative estimate of drug-likeness (QED) is 0.462. The molecular formula is C14H27N. The fourth-order valence-corrected chi connectivity index (χ4v) is 1.28. The van der Waals surface area contributed by atoms with Gasteiger partial charge in [0.2, 0.25) is 0 Å². The van der Waals surface area contributed by atoms with Gasteiger partial charge < -0.3 is 0 Å². The number of nitrogens with zero attached hydrogens (tertiary/aromatic N) is 1. The fraction of sp³-hybridized carbons (Fsp3) is 0.786. The van der Waals surface area contributed by atoms with Gasteiger partial charge in [0.15, 0.2) is 0 Å². The van der Waals surface area contributed by atoms with E-state index in [1.807, 2.05) is 0 Å². The first-order valence-corrected chi connectivity index (χ1v) is 5.98. The molecule has 1 heteroatoms. The van der Waals surface area contributed by atoms with Crippen LogP contribution < -0.4 is 0 Å². The molecule has 0 rings (SSSR count). The zero-order valence-corrected chi connectivity index (χ0v) is 11.3. The van der Waals surface area contributed by atoms with E-state index in [2.05, 4.69) is 58.8 Å². The average molecular weight is 209 g/mol. The van der Waals surface area contributed by atoms with Gasteiger partial charge in [0.05, 0.1) is 5.54 Å². The van der Waals surface area contributed by atoms with Crippen LogP contribution in [0.4, 0.5) is 0 Å². The molecule has 0 saturated carbocycles. The van der Waals surface area contributed by atoms with Crippen molar-refractivity contribution in [1.82, 2.24) is 0 Å². The third-order valence-corrected chi connectivity index (χ3v) is 2.20. The third-order valence-electron chi connectivity index (χ3n) is 2.20. The lowest BCUT2D eigenvalue weighted by Crippen LogP contribution is -2.10. The van der Waals surface area contributed by atoms with Gasteiger partial charge >= 0.3 is 0 Å². The Kier molecular flexibility index (Phi) is 6.55. The summed E-state index contributed by atoms with van der Waals surface area (Å²) < 4.78 is 0. The van der Waals surface area contributed by atoms with Crippen LogP contribution >= 0.6 is 0 Å². The van der Waals surface area contributed by atoms with Gasteiger partial charge in [-0.1, -0.05) is 18.6 Å². The SMILES string of the molecule is CC(C)=CCCC(C)C/C=N/C(C)(C)C. The highest BCUT2D eigenvalue weighted by atomic mass is 14.8. The van der Waals surface area contributed by atoms with Gasteiger partial charge in [0.25, 0.3) is 0 Å². The summed E-state index contributed by atoms with van der Waals surface area (Å²) in [6.07, 6.45) is 7.98. The molecule has 0 fully saturated rings. The largest absolute Gasteiger partial charge is 0.292 e. The third kappa shape index (κ3) is 11.3. The van der Waals surface area contributed by atoms with Gasteiger partial charge in [-0.3, -0.25) is 4.99 Å². The number of allylic oxidation sites excluding steroid dienone is 2. The number of hydrogen-bond donors (Lipinski definition) is 0. The van der Waals surface area contributed by atoms with E-state index in [0.29, 0.717) is 0 Å². The fourth-order valence-electron chi connectivity index (χ4n) is 1.28. The van der Waals surface area contributed by atoms with Gasteiger partial charge in [0.1, 0.15) is 0 Å². The highest BCUT2D eigenvalue weighted by molar-refractivity contribution is 5.58. The minimum atomic E-state index is 0.0830. The average Bonchev–Trinajstić information content (AvgIpc) is 2.00. The van der Waals surface area contributed by atoms with Crippen LogP contribution in [0.25, 0.3) is 0 Å². The highest BCUT2D eigenvalue weighted by Gasteiger charge is 2.05. The van der Waals surface area contributed by atoms with E-state index in [1.54, 1.807) is 0 Å². The van der Waals surface area contributed by atoms with E-state index >= 15 is 0 Å². The predicted molar refractivity (Wildman–Crippen MR) is 70.7 cm³/mol. The lowest BCUT2D eigenvalue weighted by atomic mass is 10.0. The van der Waals surface area contributed by atoms with Crippen molar-refractivity contribution in [3.63, 3.8) is 0 Å². The Morgan fingerprint density at radius 1 is 1.27 bits per heavy atom. The van der Waals surface area contributed by atoms with Crippen LogP contribution in [0, 0.1) is 5.92 Å². The molecule has 0 spiro atoms.